The lowest BCUT2D eigenvalue weighted by Gasteiger charge is -2.13. The number of amides is 1. The molecular weight excluding hydrogens is 314 g/mol. The van der Waals surface area contributed by atoms with Gasteiger partial charge in [0.1, 0.15) is 0 Å². The van der Waals surface area contributed by atoms with Crippen LogP contribution < -0.4 is 5.32 Å². The van der Waals surface area contributed by atoms with E-state index in [2.05, 4.69) is 50.2 Å². The summed E-state index contributed by atoms with van der Waals surface area (Å²) < 4.78 is 0. The maximum absolute atomic E-state index is 12.9. The van der Waals surface area contributed by atoms with Crippen LogP contribution in [0, 0.1) is 5.92 Å². The molecule has 1 saturated carbocycles. The van der Waals surface area contributed by atoms with Crippen molar-refractivity contribution in [3.63, 3.8) is 0 Å². The van der Waals surface area contributed by atoms with Gasteiger partial charge in [-0.15, -0.1) is 10.2 Å². The maximum Gasteiger partial charge on any atom is 0.228 e. The molecule has 0 saturated heterocycles. The zero-order chi connectivity index (χ0) is 16.9. The minimum atomic E-state index is 0.0366. The summed E-state index contributed by atoms with van der Waals surface area (Å²) in [5.74, 6) is 0.592. The minimum Gasteiger partial charge on any atom is -0.325 e. The van der Waals surface area contributed by atoms with Crippen molar-refractivity contribution in [3.8, 4) is 11.4 Å². The van der Waals surface area contributed by atoms with Gasteiger partial charge in [-0.05, 0) is 47.7 Å². The van der Waals surface area contributed by atoms with E-state index in [4.69, 9.17) is 0 Å². The van der Waals surface area contributed by atoms with Crippen LogP contribution in [0.1, 0.15) is 24.0 Å². The van der Waals surface area contributed by atoms with E-state index in [1.165, 1.54) is 11.1 Å². The normalized spacial score (nSPS) is 23.4. The predicted octanol–water partition coefficient (Wildman–Crippen LogP) is 2.71. The second kappa shape index (κ2) is 5.24. The van der Waals surface area contributed by atoms with Crippen molar-refractivity contribution in [2.45, 2.75) is 24.7 Å². The highest BCUT2D eigenvalue weighted by molar-refractivity contribution is 5.99. The van der Waals surface area contributed by atoms with Gasteiger partial charge in [-0.25, -0.2) is 0 Å². The van der Waals surface area contributed by atoms with Crippen molar-refractivity contribution >= 4 is 11.6 Å². The number of para-hydroxylation sites is 1. The Hall–Kier alpha value is -3.02. The molecule has 2 unspecified atom stereocenters. The van der Waals surface area contributed by atoms with Crippen LogP contribution in [0.15, 0.2) is 48.5 Å². The van der Waals surface area contributed by atoms with Gasteiger partial charge in [0.2, 0.25) is 11.7 Å². The summed E-state index contributed by atoms with van der Waals surface area (Å²) in [4.78, 5) is 12.9. The fourth-order valence-electron chi connectivity index (χ4n) is 4.22. The minimum absolute atomic E-state index is 0.0366. The molecule has 0 radical (unpaired) electrons. The fraction of sp³-hybridized carbons (Fsp3) is 0.263. The Kier molecular flexibility index (Phi) is 3.00. The number of aromatic nitrogens is 4. The van der Waals surface area contributed by atoms with Gasteiger partial charge in [-0.2, -0.15) is 5.21 Å². The number of rotatable bonds is 3. The van der Waals surface area contributed by atoms with Gasteiger partial charge >= 0.3 is 0 Å². The molecular formula is C19H17N5O. The summed E-state index contributed by atoms with van der Waals surface area (Å²) in [7, 11) is 0. The molecule has 6 heteroatoms. The number of tetrazole rings is 1. The Morgan fingerprint density at radius 2 is 2.00 bits per heavy atom. The Bertz CT molecular complexity index is 952. The average Bonchev–Trinajstić information content (AvgIpc) is 2.97. The number of H-pyrrole nitrogens is 1. The van der Waals surface area contributed by atoms with Crippen molar-refractivity contribution in [1.29, 1.82) is 0 Å². The number of hydrogen-bond donors (Lipinski definition) is 2. The number of hydrogen-bond acceptors (Lipinski definition) is 4. The van der Waals surface area contributed by atoms with Gasteiger partial charge in [-0.1, -0.05) is 36.4 Å². The lowest BCUT2D eigenvalue weighted by atomic mass is 9.95. The van der Waals surface area contributed by atoms with Crippen LogP contribution in [0.5, 0.6) is 0 Å². The predicted molar refractivity (Wildman–Crippen MR) is 92.8 cm³/mol. The SMILES string of the molecule is O=C(Nc1ccccc1-c1nn[nH]n1)C1CC12CCc1ccccc12. The first-order chi connectivity index (χ1) is 12.3. The second-order valence-corrected chi connectivity index (χ2v) is 6.84. The molecule has 1 spiro atoms. The smallest absolute Gasteiger partial charge is 0.228 e. The Morgan fingerprint density at radius 3 is 2.88 bits per heavy atom. The first-order valence-corrected chi connectivity index (χ1v) is 8.50. The van der Waals surface area contributed by atoms with E-state index in [1.807, 2.05) is 24.3 Å². The third kappa shape index (κ3) is 2.17. The molecule has 1 heterocycles. The number of nitrogens with zero attached hydrogens (tertiary/aromatic N) is 3. The van der Waals surface area contributed by atoms with E-state index in [0.29, 0.717) is 5.82 Å². The number of carbonyl (C=O) groups excluding carboxylic acids is 1. The van der Waals surface area contributed by atoms with Crippen LogP contribution in [0.2, 0.25) is 0 Å². The molecule has 1 amide bonds. The molecule has 5 rings (SSSR count). The van der Waals surface area contributed by atoms with Crippen LogP contribution in [0.3, 0.4) is 0 Å². The van der Waals surface area contributed by atoms with Gasteiger partial charge in [0.25, 0.3) is 0 Å². The average molecular weight is 331 g/mol. The quantitative estimate of drug-likeness (QED) is 0.773. The summed E-state index contributed by atoms with van der Waals surface area (Å²) >= 11 is 0. The zero-order valence-corrected chi connectivity index (χ0v) is 13.6. The summed E-state index contributed by atoms with van der Waals surface area (Å²) in [6, 6.07) is 16.1. The first kappa shape index (κ1) is 14.3. The molecule has 2 N–H and O–H groups in total. The van der Waals surface area contributed by atoms with Crippen LogP contribution in [0.4, 0.5) is 5.69 Å². The van der Waals surface area contributed by atoms with Crippen LogP contribution in [-0.4, -0.2) is 26.5 Å². The zero-order valence-electron chi connectivity index (χ0n) is 13.6. The Morgan fingerprint density at radius 1 is 1.16 bits per heavy atom. The van der Waals surface area contributed by atoms with Crippen molar-refractivity contribution in [2.24, 2.45) is 5.92 Å². The third-order valence-corrected chi connectivity index (χ3v) is 5.56. The molecule has 6 nitrogen and oxygen atoms in total. The number of aryl methyl sites for hydroxylation is 1. The van der Waals surface area contributed by atoms with Crippen molar-refractivity contribution < 1.29 is 4.79 Å². The van der Waals surface area contributed by atoms with Gasteiger partial charge in [0, 0.05) is 16.9 Å². The molecule has 2 aliphatic carbocycles. The lowest BCUT2D eigenvalue weighted by molar-refractivity contribution is -0.117. The van der Waals surface area contributed by atoms with Crippen molar-refractivity contribution in [3.05, 3.63) is 59.7 Å². The number of anilines is 1. The number of fused-ring (bicyclic) bond motifs is 2. The topological polar surface area (TPSA) is 83.6 Å². The van der Waals surface area contributed by atoms with Crippen LogP contribution in [-0.2, 0) is 16.6 Å². The Balaban J connectivity index is 1.40. The number of aromatic amines is 1. The molecule has 25 heavy (non-hydrogen) atoms. The largest absolute Gasteiger partial charge is 0.325 e. The van der Waals surface area contributed by atoms with Gasteiger partial charge in [0.05, 0.1) is 5.69 Å². The third-order valence-electron chi connectivity index (χ3n) is 5.56. The first-order valence-electron chi connectivity index (χ1n) is 8.50. The molecule has 2 aliphatic rings. The fourth-order valence-corrected chi connectivity index (χ4v) is 4.22. The van der Waals surface area contributed by atoms with Crippen LogP contribution >= 0.6 is 0 Å². The summed E-state index contributed by atoms with van der Waals surface area (Å²) in [5, 5.41) is 17.2. The second-order valence-electron chi connectivity index (χ2n) is 6.84. The molecule has 0 bridgehead atoms. The van der Waals surface area contributed by atoms with Gasteiger partial charge < -0.3 is 5.32 Å². The van der Waals surface area contributed by atoms with E-state index < -0.39 is 0 Å². The Labute approximate surface area is 144 Å². The number of carbonyl (C=O) groups is 1. The van der Waals surface area contributed by atoms with E-state index in [9.17, 15) is 4.79 Å². The van der Waals surface area contributed by atoms with Crippen LogP contribution in [0.25, 0.3) is 11.4 Å². The van der Waals surface area contributed by atoms with E-state index in [-0.39, 0.29) is 17.2 Å². The summed E-state index contributed by atoms with van der Waals surface area (Å²) in [6.45, 7) is 0. The molecule has 2 aromatic carbocycles. The highest BCUT2D eigenvalue weighted by atomic mass is 16.2. The highest BCUT2D eigenvalue weighted by Crippen LogP contribution is 2.61. The highest BCUT2D eigenvalue weighted by Gasteiger charge is 2.61. The molecule has 0 aliphatic heterocycles. The number of benzene rings is 2. The molecule has 1 aromatic heterocycles. The van der Waals surface area contributed by atoms with Crippen molar-refractivity contribution in [1.82, 2.24) is 20.6 Å². The standard InChI is InChI=1S/C19H17N5O/c25-18(15-11-19(15)10-9-12-5-1-3-7-14(12)19)20-16-8-4-2-6-13(16)17-21-23-24-22-17/h1-8,15H,9-11H2,(H,20,25)(H,21,22,23,24). The summed E-state index contributed by atoms with van der Waals surface area (Å²) in [5.41, 5.74) is 4.29. The number of nitrogens with one attached hydrogen (secondary N) is 2. The van der Waals surface area contributed by atoms with E-state index in [1.54, 1.807) is 0 Å². The molecule has 3 aromatic rings. The lowest BCUT2D eigenvalue weighted by Crippen LogP contribution is -2.20. The molecule has 1 fully saturated rings. The van der Waals surface area contributed by atoms with E-state index in [0.717, 1.165) is 30.5 Å². The monoisotopic (exact) mass is 331 g/mol. The van der Waals surface area contributed by atoms with E-state index >= 15 is 0 Å². The van der Waals surface area contributed by atoms with Crippen molar-refractivity contribution in [2.75, 3.05) is 5.32 Å². The van der Waals surface area contributed by atoms with Gasteiger partial charge in [-0.3, -0.25) is 4.79 Å². The summed E-state index contributed by atoms with van der Waals surface area (Å²) in [6.07, 6.45) is 3.07. The molecule has 2 atom stereocenters. The van der Waals surface area contributed by atoms with Gasteiger partial charge in [0.15, 0.2) is 0 Å². The maximum atomic E-state index is 12.9. The molecule has 124 valence electrons.